The van der Waals surface area contributed by atoms with Crippen LogP contribution in [0.2, 0.25) is 0 Å². The Morgan fingerprint density at radius 2 is 2.05 bits per heavy atom. The molecule has 2 N–H and O–H groups in total. The summed E-state index contributed by atoms with van der Waals surface area (Å²) in [6, 6.07) is 8.12. The normalized spacial score (nSPS) is 20.5. The Morgan fingerprint density at radius 1 is 1.18 bits per heavy atom. The monoisotopic (exact) mass is 327 g/mol. The maximum absolute atomic E-state index is 12.4. The van der Waals surface area contributed by atoms with Crippen LogP contribution < -0.4 is 10.6 Å². The zero-order chi connectivity index (χ0) is 14.7. The molecule has 22 heavy (non-hydrogen) atoms. The van der Waals surface area contributed by atoms with Crippen molar-refractivity contribution in [2.24, 2.45) is 0 Å². The van der Waals surface area contributed by atoms with Gasteiger partial charge < -0.3 is 10.6 Å². The maximum atomic E-state index is 12.4. The first-order chi connectivity index (χ1) is 10.8. The largest absolute Gasteiger partial charge is 0.358 e. The molecule has 110 valence electrons. The summed E-state index contributed by atoms with van der Waals surface area (Å²) in [5.74, 6) is 0.636. The van der Waals surface area contributed by atoms with Crippen LogP contribution in [-0.2, 0) is 0 Å². The third kappa shape index (κ3) is 1.87. The Morgan fingerprint density at radius 3 is 2.91 bits per heavy atom. The highest BCUT2D eigenvalue weighted by molar-refractivity contribution is 7.21. The average molecular weight is 327 g/mol. The predicted octanol–water partition coefficient (Wildman–Crippen LogP) is 4.09. The summed E-state index contributed by atoms with van der Waals surface area (Å²) in [4.78, 5) is 17.9. The highest BCUT2D eigenvalue weighted by Gasteiger charge is 2.32. The van der Waals surface area contributed by atoms with Gasteiger partial charge in [0.1, 0.15) is 11.0 Å². The molecule has 1 aliphatic heterocycles. The average Bonchev–Trinajstić information content (AvgIpc) is 3.14. The molecule has 3 heterocycles. The summed E-state index contributed by atoms with van der Waals surface area (Å²) in [6.07, 6.45) is 2.26. The molecule has 0 spiro atoms. The SMILES string of the molecule is O=C1N[C@H](c2csc(C3CC3)n2)Nc2c1sc1ccccc21. The molecular formula is C16H13N3OS2. The number of carbonyl (C=O) groups excluding carboxylic acids is 1. The van der Waals surface area contributed by atoms with E-state index in [4.69, 9.17) is 4.98 Å². The molecule has 2 aromatic heterocycles. The maximum Gasteiger partial charge on any atom is 0.265 e. The molecular weight excluding hydrogens is 314 g/mol. The Hall–Kier alpha value is -1.92. The molecule has 0 bridgehead atoms. The van der Waals surface area contributed by atoms with Gasteiger partial charge in [-0.05, 0) is 18.9 Å². The molecule has 1 amide bonds. The van der Waals surface area contributed by atoms with Crippen molar-refractivity contribution in [1.29, 1.82) is 0 Å². The first kappa shape index (κ1) is 12.6. The molecule has 1 atom stereocenters. The standard InChI is InChI=1S/C16H13N3OS2/c20-15-13-12(9-3-1-2-4-11(9)22-13)18-14(19-15)10-7-21-16(17-10)8-5-6-8/h1-4,7-8,14,18H,5-6H2,(H,19,20)/t14-/m1/s1. The van der Waals surface area contributed by atoms with Crippen LogP contribution >= 0.6 is 22.7 Å². The lowest BCUT2D eigenvalue weighted by molar-refractivity contribution is 0.0939. The van der Waals surface area contributed by atoms with Crippen LogP contribution in [0.3, 0.4) is 0 Å². The minimum Gasteiger partial charge on any atom is -0.358 e. The molecule has 1 fully saturated rings. The number of fused-ring (bicyclic) bond motifs is 3. The van der Waals surface area contributed by atoms with Gasteiger partial charge in [0.05, 0.1) is 16.4 Å². The van der Waals surface area contributed by atoms with E-state index < -0.39 is 0 Å². The van der Waals surface area contributed by atoms with E-state index >= 15 is 0 Å². The van der Waals surface area contributed by atoms with Gasteiger partial charge in [0.25, 0.3) is 5.91 Å². The van der Waals surface area contributed by atoms with Crippen molar-refractivity contribution in [3.8, 4) is 0 Å². The quantitative estimate of drug-likeness (QED) is 0.745. The van der Waals surface area contributed by atoms with E-state index in [1.165, 1.54) is 29.2 Å². The molecule has 5 rings (SSSR count). The van der Waals surface area contributed by atoms with Gasteiger partial charge in [-0.1, -0.05) is 18.2 Å². The molecule has 0 radical (unpaired) electrons. The van der Waals surface area contributed by atoms with E-state index in [-0.39, 0.29) is 12.1 Å². The van der Waals surface area contributed by atoms with Crippen molar-refractivity contribution in [1.82, 2.24) is 10.3 Å². The molecule has 2 aliphatic rings. The number of aromatic nitrogens is 1. The van der Waals surface area contributed by atoms with Crippen LogP contribution in [0.15, 0.2) is 29.6 Å². The first-order valence-electron chi connectivity index (χ1n) is 7.34. The van der Waals surface area contributed by atoms with Crippen molar-refractivity contribution in [2.75, 3.05) is 5.32 Å². The van der Waals surface area contributed by atoms with Crippen LogP contribution in [0.25, 0.3) is 10.1 Å². The van der Waals surface area contributed by atoms with Gasteiger partial charge in [-0.15, -0.1) is 22.7 Å². The summed E-state index contributed by atoms with van der Waals surface area (Å²) in [7, 11) is 0. The lowest BCUT2D eigenvalue weighted by Crippen LogP contribution is -2.37. The fourth-order valence-corrected chi connectivity index (χ4v) is 4.91. The van der Waals surface area contributed by atoms with Gasteiger partial charge in [0, 0.05) is 21.4 Å². The third-order valence-corrected chi connectivity index (χ3v) is 6.32. The van der Waals surface area contributed by atoms with E-state index in [9.17, 15) is 4.79 Å². The molecule has 1 aliphatic carbocycles. The van der Waals surface area contributed by atoms with E-state index in [0.717, 1.165) is 26.3 Å². The number of hydrogen-bond donors (Lipinski definition) is 2. The number of amides is 1. The Kier molecular flexibility index (Phi) is 2.60. The Labute approximate surface area is 135 Å². The minimum atomic E-state index is -0.234. The summed E-state index contributed by atoms with van der Waals surface area (Å²) in [5.41, 5.74) is 1.86. The minimum absolute atomic E-state index is 0.0130. The number of thiophene rings is 1. The topological polar surface area (TPSA) is 54.0 Å². The zero-order valence-corrected chi connectivity index (χ0v) is 13.3. The van der Waals surface area contributed by atoms with Gasteiger partial charge in [-0.2, -0.15) is 0 Å². The number of rotatable bonds is 2. The van der Waals surface area contributed by atoms with Crippen LogP contribution in [0.1, 0.15) is 45.3 Å². The molecule has 1 saturated carbocycles. The number of carbonyl (C=O) groups is 1. The van der Waals surface area contributed by atoms with Gasteiger partial charge in [0.2, 0.25) is 0 Å². The van der Waals surface area contributed by atoms with Crippen LogP contribution in [0.4, 0.5) is 5.69 Å². The lowest BCUT2D eigenvalue weighted by Gasteiger charge is -2.24. The van der Waals surface area contributed by atoms with Gasteiger partial charge >= 0.3 is 0 Å². The van der Waals surface area contributed by atoms with Gasteiger partial charge in [-0.3, -0.25) is 4.79 Å². The Balaban J connectivity index is 1.56. The summed E-state index contributed by atoms with van der Waals surface area (Å²) in [6.45, 7) is 0. The van der Waals surface area contributed by atoms with Crippen LogP contribution in [-0.4, -0.2) is 10.9 Å². The summed E-state index contributed by atoms with van der Waals surface area (Å²) in [5, 5.41) is 10.9. The van der Waals surface area contributed by atoms with E-state index in [0.29, 0.717) is 5.92 Å². The summed E-state index contributed by atoms with van der Waals surface area (Å²) < 4.78 is 1.13. The number of nitrogens with zero attached hydrogens (tertiary/aromatic N) is 1. The summed E-state index contributed by atoms with van der Waals surface area (Å²) >= 11 is 3.24. The number of hydrogen-bond acceptors (Lipinski definition) is 5. The molecule has 6 heteroatoms. The van der Waals surface area contributed by atoms with Crippen molar-refractivity contribution in [3.05, 3.63) is 45.2 Å². The van der Waals surface area contributed by atoms with Crippen LogP contribution in [0.5, 0.6) is 0 Å². The van der Waals surface area contributed by atoms with Gasteiger partial charge in [0.15, 0.2) is 0 Å². The van der Waals surface area contributed by atoms with Crippen molar-refractivity contribution >= 4 is 44.4 Å². The number of anilines is 1. The predicted molar refractivity (Wildman–Crippen MR) is 89.7 cm³/mol. The zero-order valence-electron chi connectivity index (χ0n) is 11.6. The van der Waals surface area contributed by atoms with Gasteiger partial charge in [-0.25, -0.2) is 4.98 Å². The number of nitrogens with one attached hydrogen (secondary N) is 2. The van der Waals surface area contributed by atoms with Crippen molar-refractivity contribution in [2.45, 2.75) is 24.9 Å². The number of benzene rings is 1. The van der Waals surface area contributed by atoms with E-state index in [1.54, 1.807) is 11.3 Å². The van der Waals surface area contributed by atoms with Crippen LogP contribution in [0, 0.1) is 0 Å². The van der Waals surface area contributed by atoms with E-state index in [2.05, 4.69) is 28.1 Å². The molecule has 0 unspecified atom stereocenters. The highest BCUT2D eigenvalue weighted by Crippen LogP contribution is 2.43. The second kappa shape index (κ2) is 4.54. The highest BCUT2D eigenvalue weighted by atomic mass is 32.1. The first-order valence-corrected chi connectivity index (χ1v) is 9.03. The molecule has 4 nitrogen and oxygen atoms in total. The Bertz CT molecular complexity index is 894. The van der Waals surface area contributed by atoms with Crippen molar-refractivity contribution < 1.29 is 4.79 Å². The second-order valence-electron chi connectivity index (χ2n) is 5.74. The smallest absolute Gasteiger partial charge is 0.265 e. The van der Waals surface area contributed by atoms with Crippen molar-refractivity contribution in [3.63, 3.8) is 0 Å². The number of thiazole rings is 1. The molecule has 0 saturated heterocycles. The fourth-order valence-electron chi connectivity index (χ4n) is 2.82. The third-order valence-electron chi connectivity index (χ3n) is 4.13. The lowest BCUT2D eigenvalue weighted by atomic mass is 10.1. The second-order valence-corrected chi connectivity index (χ2v) is 7.68. The fraction of sp³-hybridized carbons (Fsp3) is 0.250. The molecule has 1 aromatic carbocycles. The van der Waals surface area contributed by atoms with E-state index in [1.807, 2.05) is 12.1 Å². The molecule has 3 aromatic rings.